The maximum absolute atomic E-state index is 14.8. The molecule has 5 rings (SSSR count). The number of carbonyl (C=O) groups excluding carboxylic acids is 1. The molecule has 7 nitrogen and oxygen atoms in total. The highest BCUT2D eigenvalue weighted by Crippen LogP contribution is 2.55. The molecule has 3 atom stereocenters. The average Bonchev–Trinajstić information content (AvgIpc) is 3.20. The summed E-state index contributed by atoms with van der Waals surface area (Å²) in [5, 5.41) is 10.3. The first kappa shape index (κ1) is 23.2. The van der Waals surface area contributed by atoms with Crippen molar-refractivity contribution < 1.29 is 31.2 Å². The number of halogens is 5. The van der Waals surface area contributed by atoms with Crippen LogP contribution in [0.25, 0.3) is 11.1 Å². The fourth-order valence-corrected chi connectivity index (χ4v) is 5.31. The fraction of sp³-hybridized carbons (Fsp3) is 0.391. The molecule has 3 heterocycles. The van der Waals surface area contributed by atoms with Crippen molar-refractivity contribution in [2.75, 3.05) is 5.32 Å². The minimum atomic E-state index is -4.92. The summed E-state index contributed by atoms with van der Waals surface area (Å²) in [6, 6.07) is 1.11. The summed E-state index contributed by atoms with van der Waals surface area (Å²) < 4.78 is 75.0. The number of pyridine rings is 1. The lowest BCUT2D eigenvalue weighted by Crippen LogP contribution is -2.70. The summed E-state index contributed by atoms with van der Waals surface area (Å²) in [7, 11) is 0. The Bertz CT molecular complexity index is 1310. The van der Waals surface area contributed by atoms with Crippen molar-refractivity contribution >= 4 is 11.7 Å². The Morgan fingerprint density at radius 3 is 2.60 bits per heavy atom. The summed E-state index contributed by atoms with van der Waals surface area (Å²) in [4.78, 5) is 18.4. The van der Waals surface area contributed by atoms with E-state index in [1.54, 1.807) is 6.92 Å². The van der Waals surface area contributed by atoms with E-state index in [4.69, 9.17) is 4.42 Å². The Morgan fingerprint density at radius 2 is 1.94 bits per heavy atom. The zero-order valence-corrected chi connectivity index (χ0v) is 18.7. The Morgan fingerprint density at radius 1 is 1.17 bits per heavy atom. The highest BCUT2D eigenvalue weighted by molar-refractivity contribution is 5.92. The Labute approximate surface area is 196 Å². The Kier molecular flexibility index (Phi) is 5.29. The van der Waals surface area contributed by atoms with Crippen LogP contribution in [0.5, 0.6) is 0 Å². The third-order valence-electron chi connectivity index (χ3n) is 6.57. The second kappa shape index (κ2) is 7.99. The number of hydrogen-bond acceptors (Lipinski definition) is 5. The molecule has 12 heteroatoms. The third-order valence-corrected chi connectivity index (χ3v) is 6.57. The fourth-order valence-electron chi connectivity index (χ4n) is 5.31. The summed E-state index contributed by atoms with van der Waals surface area (Å²) in [5.41, 5.74) is -3.38. The Hall–Kier alpha value is -3.57. The van der Waals surface area contributed by atoms with Gasteiger partial charge in [0.15, 0.2) is 0 Å². The van der Waals surface area contributed by atoms with Crippen LogP contribution in [-0.4, -0.2) is 32.2 Å². The SMILES string of the molecule is Cc1nnc([C@@]23C[C@H](C)C[C@@H](C2)N3C(=O)Nc2cc(-c3cncc(F)c3)c(C(F)(F)F)cc2F)o1. The lowest BCUT2D eigenvalue weighted by molar-refractivity contribution is -0.137. The molecule has 0 radical (unpaired) electrons. The van der Waals surface area contributed by atoms with Crippen LogP contribution >= 0.6 is 0 Å². The monoisotopic (exact) mass is 493 g/mol. The van der Waals surface area contributed by atoms with Crippen molar-refractivity contribution in [3.63, 3.8) is 0 Å². The summed E-state index contributed by atoms with van der Waals surface area (Å²) in [5.74, 6) is -1.27. The topological polar surface area (TPSA) is 84.2 Å². The molecule has 1 saturated carbocycles. The van der Waals surface area contributed by atoms with Gasteiger partial charge >= 0.3 is 12.2 Å². The van der Waals surface area contributed by atoms with E-state index in [-0.39, 0.29) is 29.5 Å². The van der Waals surface area contributed by atoms with E-state index in [1.165, 1.54) is 4.90 Å². The molecule has 1 saturated heterocycles. The number of hydrogen-bond donors (Lipinski definition) is 1. The second-order valence-corrected chi connectivity index (χ2v) is 9.13. The molecule has 1 aliphatic carbocycles. The lowest BCUT2D eigenvalue weighted by atomic mass is 9.64. The van der Waals surface area contributed by atoms with Gasteiger partial charge in [-0.3, -0.25) is 4.98 Å². The molecule has 1 N–H and O–H groups in total. The van der Waals surface area contributed by atoms with Gasteiger partial charge in [-0.15, -0.1) is 10.2 Å². The van der Waals surface area contributed by atoms with Gasteiger partial charge in [-0.2, -0.15) is 13.2 Å². The first-order chi connectivity index (χ1) is 16.5. The number of fused-ring (bicyclic) bond motifs is 2. The van der Waals surface area contributed by atoms with Gasteiger partial charge in [-0.05, 0) is 42.5 Å². The van der Waals surface area contributed by atoms with Gasteiger partial charge in [0.05, 0.1) is 17.4 Å². The van der Waals surface area contributed by atoms with Crippen LogP contribution in [0.1, 0.15) is 43.5 Å². The number of aryl methyl sites for hydroxylation is 1. The molecular formula is C23H20F5N5O2. The van der Waals surface area contributed by atoms with Gasteiger partial charge in [0, 0.05) is 31.1 Å². The standard InChI is InChI=1S/C23H20F5N5O2/c1-11-3-15-8-22(7-11,20-32-31-12(2)35-20)33(15)21(34)30-19-5-16(13-4-14(24)10-29-9-13)17(6-18(19)25)23(26,27)28/h4-6,9-11,15H,3,7-8H2,1-2H3,(H,30,34)/t11-,15+,22-/m1/s1. The molecule has 2 aliphatic rings. The number of aromatic nitrogens is 3. The number of carbonyl (C=O) groups is 1. The summed E-state index contributed by atoms with van der Waals surface area (Å²) >= 11 is 0. The molecule has 2 amide bonds. The van der Waals surface area contributed by atoms with E-state index in [2.05, 4.69) is 20.5 Å². The van der Waals surface area contributed by atoms with Crippen LogP contribution < -0.4 is 5.32 Å². The van der Waals surface area contributed by atoms with Gasteiger partial charge in [0.1, 0.15) is 17.2 Å². The summed E-state index contributed by atoms with van der Waals surface area (Å²) in [6.07, 6.45) is -1.21. The molecule has 2 aromatic heterocycles. The van der Waals surface area contributed by atoms with Crippen molar-refractivity contribution in [1.82, 2.24) is 20.1 Å². The number of amides is 2. The Balaban J connectivity index is 1.51. The van der Waals surface area contributed by atoms with Gasteiger partial charge in [0.25, 0.3) is 0 Å². The molecular weight excluding hydrogens is 473 g/mol. The van der Waals surface area contributed by atoms with Crippen LogP contribution in [0.15, 0.2) is 35.0 Å². The van der Waals surface area contributed by atoms with E-state index in [0.717, 1.165) is 24.5 Å². The van der Waals surface area contributed by atoms with E-state index in [9.17, 15) is 26.7 Å². The molecule has 3 aromatic rings. The zero-order chi connectivity index (χ0) is 25.1. The van der Waals surface area contributed by atoms with Gasteiger partial charge in [0.2, 0.25) is 11.8 Å². The van der Waals surface area contributed by atoms with Crippen molar-refractivity contribution in [2.45, 2.75) is 50.9 Å². The molecule has 35 heavy (non-hydrogen) atoms. The minimum absolute atomic E-state index is 0.171. The van der Waals surface area contributed by atoms with Gasteiger partial charge in [-0.25, -0.2) is 13.6 Å². The number of benzene rings is 1. The lowest BCUT2D eigenvalue weighted by Gasteiger charge is -2.61. The maximum atomic E-state index is 14.8. The number of rotatable bonds is 3. The van der Waals surface area contributed by atoms with Crippen molar-refractivity contribution in [2.24, 2.45) is 5.92 Å². The first-order valence-corrected chi connectivity index (χ1v) is 10.9. The molecule has 1 aromatic carbocycles. The quantitative estimate of drug-likeness (QED) is 0.476. The number of anilines is 1. The van der Waals surface area contributed by atoms with Crippen LogP contribution in [0.2, 0.25) is 0 Å². The molecule has 2 fully saturated rings. The number of urea groups is 1. The number of piperidine rings is 1. The van der Waals surface area contributed by atoms with Crippen LogP contribution in [0.4, 0.5) is 32.4 Å². The highest BCUT2D eigenvalue weighted by Gasteiger charge is 2.62. The smallest absolute Gasteiger partial charge is 0.417 e. The predicted molar refractivity (Wildman–Crippen MR) is 113 cm³/mol. The minimum Gasteiger partial charge on any atom is -0.423 e. The van der Waals surface area contributed by atoms with E-state index < -0.39 is 46.2 Å². The highest BCUT2D eigenvalue weighted by atomic mass is 19.4. The van der Waals surface area contributed by atoms with Crippen molar-refractivity contribution in [3.8, 4) is 11.1 Å². The van der Waals surface area contributed by atoms with E-state index in [0.29, 0.717) is 25.2 Å². The zero-order valence-electron chi connectivity index (χ0n) is 18.7. The van der Waals surface area contributed by atoms with Crippen LogP contribution in [-0.2, 0) is 11.7 Å². The third kappa shape index (κ3) is 3.90. The average molecular weight is 493 g/mol. The van der Waals surface area contributed by atoms with Crippen molar-refractivity contribution in [1.29, 1.82) is 0 Å². The van der Waals surface area contributed by atoms with Gasteiger partial charge < -0.3 is 14.6 Å². The van der Waals surface area contributed by atoms with E-state index >= 15 is 0 Å². The molecule has 1 aliphatic heterocycles. The predicted octanol–water partition coefficient (Wildman–Crippen LogP) is 5.67. The molecule has 2 bridgehead atoms. The molecule has 184 valence electrons. The normalized spacial score (nSPS) is 23.7. The number of alkyl halides is 3. The summed E-state index contributed by atoms with van der Waals surface area (Å²) in [6.45, 7) is 3.66. The largest absolute Gasteiger partial charge is 0.423 e. The number of nitrogens with zero attached hydrogens (tertiary/aromatic N) is 4. The van der Waals surface area contributed by atoms with Crippen LogP contribution in [0.3, 0.4) is 0 Å². The van der Waals surface area contributed by atoms with E-state index in [1.807, 2.05) is 6.92 Å². The second-order valence-electron chi connectivity index (χ2n) is 9.13. The van der Waals surface area contributed by atoms with Gasteiger partial charge in [-0.1, -0.05) is 6.92 Å². The van der Waals surface area contributed by atoms with Crippen LogP contribution in [0, 0.1) is 24.5 Å². The first-order valence-electron chi connectivity index (χ1n) is 10.9. The molecule has 0 unspecified atom stereocenters. The number of nitrogens with one attached hydrogen (secondary N) is 1. The number of likely N-dealkylation sites (tertiary alicyclic amines) is 1. The maximum Gasteiger partial charge on any atom is 0.417 e. The van der Waals surface area contributed by atoms with Crippen molar-refractivity contribution in [3.05, 3.63) is 59.6 Å². The molecule has 0 spiro atoms.